The highest BCUT2D eigenvalue weighted by Crippen LogP contribution is 2.38. The summed E-state index contributed by atoms with van der Waals surface area (Å²) in [5.41, 5.74) is 2.54. The van der Waals surface area contributed by atoms with Crippen LogP contribution in [0.2, 0.25) is 0 Å². The van der Waals surface area contributed by atoms with Gasteiger partial charge in [0.1, 0.15) is 0 Å². The summed E-state index contributed by atoms with van der Waals surface area (Å²) < 4.78 is 24.5. The van der Waals surface area contributed by atoms with Crippen molar-refractivity contribution in [2.75, 3.05) is 29.6 Å². The summed E-state index contributed by atoms with van der Waals surface area (Å²) in [6.45, 7) is 0.791. The predicted octanol–water partition coefficient (Wildman–Crippen LogP) is 2.95. The fourth-order valence-electron chi connectivity index (χ4n) is 4.60. The number of aromatic nitrogens is 2. The van der Waals surface area contributed by atoms with Gasteiger partial charge in [0.05, 0.1) is 56.9 Å². The molecule has 0 atom stereocenters. The summed E-state index contributed by atoms with van der Waals surface area (Å²) >= 11 is 0. The Hall–Kier alpha value is -3.76. The molecule has 3 heterocycles. The number of imidazole rings is 1. The van der Waals surface area contributed by atoms with Gasteiger partial charge >= 0.3 is 5.69 Å². The molecule has 34 heavy (non-hydrogen) atoms. The van der Waals surface area contributed by atoms with E-state index in [1.165, 1.54) is 4.57 Å². The molecule has 9 nitrogen and oxygen atoms in total. The number of imide groups is 1. The molecule has 0 saturated carbocycles. The number of hydrogen-bond donors (Lipinski definition) is 1. The number of benzene rings is 3. The van der Waals surface area contributed by atoms with Gasteiger partial charge in [-0.25, -0.2) is 13.9 Å². The van der Waals surface area contributed by atoms with Gasteiger partial charge in [0.15, 0.2) is 0 Å². The van der Waals surface area contributed by atoms with Crippen molar-refractivity contribution in [3.8, 4) is 0 Å². The van der Waals surface area contributed by atoms with Gasteiger partial charge in [0.2, 0.25) is 0 Å². The Morgan fingerprint density at radius 3 is 2.47 bits per heavy atom. The first-order chi connectivity index (χ1) is 16.4. The minimum Gasteiger partial charge on any atom is -0.379 e. The summed E-state index contributed by atoms with van der Waals surface area (Å²) in [4.78, 5) is 42.9. The number of carbonyl (C=O) groups excluding carboxylic acids is 2. The number of aryl methyl sites for hydroxylation is 1. The molecule has 0 unspecified atom stereocenters. The lowest BCUT2D eigenvalue weighted by Crippen LogP contribution is -2.40. The predicted molar refractivity (Wildman–Crippen MR) is 129 cm³/mol. The number of hydrogen-bond acceptors (Lipinski definition) is 6. The lowest BCUT2D eigenvalue weighted by molar-refractivity contribution is 0.0893. The first-order valence-electron chi connectivity index (χ1n) is 10.8. The molecule has 0 radical (unpaired) electrons. The van der Waals surface area contributed by atoms with Crippen LogP contribution in [0, 0.1) is 0 Å². The van der Waals surface area contributed by atoms with Gasteiger partial charge in [-0.3, -0.25) is 14.2 Å². The molecule has 172 valence electrons. The smallest absolute Gasteiger partial charge is 0.326 e. The monoisotopic (exact) mass is 476 g/mol. The summed E-state index contributed by atoms with van der Waals surface area (Å²) in [5.74, 6) is -0.219. The highest BCUT2D eigenvalue weighted by Gasteiger charge is 2.35. The van der Waals surface area contributed by atoms with E-state index < -0.39 is 21.5 Å². The van der Waals surface area contributed by atoms with Crippen LogP contribution < -0.4 is 10.6 Å². The molecular formula is C24H20N4O5S. The number of carbonyl (C=O) groups is 2. The van der Waals surface area contributed by atoms with Crippen LogP contribution in [-0.4, -0.2) is 50.3 Å². The quantitative estimate of drug-likeness (QED) is 0.447. The Balaban J connectivity index is 1.52. The van der Waals surface area contributed by atoms with E-state index >= 15 is 0 Å². The summed E-state index contributed by atoms with van der Waals surface area (Å²) in [6, 6.07) is 13.5. The topological polar surface area (TPSA) is 114 Å². The minimum absolute atomic E-state index is 0.280. The number of anilines is 1. The van der Waals surface area contributed by atoms with Crippen molar-refractivity contribution in [2.24, 2.45) is 11.4 Å². The average molecular weight is 477 g/mol. The zero-order chi connectivity index (χ0) is 23.6. The molecule has 0 spiro atoms. The van der Waals surface area contributed by atoms with Crippen LogP contribution in [-0.2, 0) is 21.5 Å². The SMILES string of the molecule is Cn1c(=O)[nH]c2ccc(N3C(=O)c4cccc5c(N=S6(=O)CCOCC6)ccc(c45)C3=O)cc21. The first-order valence-corrected chi connectivity index (χ1v) is 12.7. The molecule has 2 aliphatic heterocycles. The summed E-state index contributed by atoms with van der Waals surface area (Å²) in [5, 5.41) is 1.13. The van der Waals surface area contributed by atoms with Crippen molar-refractivity contribution in [1.82, 2.24) is 9.55 Å². The summed E-state index contributed by atoms with van der Waals surface area (Å²) in [6.07, 6.45) is 0. The van der Waals surface area contributed by atoms with Crippen molar-refractivity contribution in [3.63, 3.8) is 0 Å². The van der Waals surface area contributed by atoms with Crippen LogP contribution in [0.3, 0.4) is 0 Å². The van der Waals surface area contributed by atoms with E-state index in [9.17, 15) is 18.6 Å². The molecular weight excluding hydrogens is 456 g/mol. The van der Waals surface area contributed by atoms with E-state index in [1.54, 1.807) is 55.6 Å². The normalized spacial score (nSPS) is 17.5. The molecule has 4 aromatic rings. The maximum atomic E-state index is 13.5. The number of rotatable bonds is 2. The second-order valence-electron chi connectivity index (χ2n) is 8.38. The molecule has 2 aliphatic rings. The second kappa shape index (κ2) is 7.37. The van der Waals surface area contributed by atoms with Gasteiger partial charge in [-0.2, -0.15) is 4.36 Å². The maximum absolute atomic E-state index is 13.5. The molecule has 2 amide bonds. The average Bonchev–Trinajstić information content (AvgIpc) is 3.11. The Morgan fingerprint density at radius 2 is 1.71 bits per heavy atom. The van der Waals surface area contributed by atoms with Crippen molar-refractivity contribution >= 4 is 54.7 Å². The van der Waals surface area contributed by atoms with Gasteiger partial charge in [-0.15, -0.1) is 0 Å². The van der Waals surface area contributed by atoms with Crippen molar-refractivity contribution in [1.29, 1.82) is 0 Å². The lowest BCUT2D eigenvalue weighted by atomic mass is 9.93. The van der Waals surface area contributed by atoms with E-state index in [2.05, 4.69) is 9.35 Å². The fraction of sp³-hybridized carbons (Fsp3) is 0.208. The number of fused-ring (bicyclic) bond motifs is 1. The van der Waals surface area contributed by atoms with Crippen molar-refractivity contribution in [2.45, 2.75) is 0 Å². The number of ether oxygens (including phenoxy) is 1. The number of nitrogens with zero attached hydrogens (tertiary/aromatic N) is 3. The minimum atomic E-state index is -2.46. The second-order valence-corrected chi connectivity index (χ2v) is 10.9. The number of H-pyrrole nitrogens is 1. The largest absolute Gasteiger partial charge is 0.379 e. The lowest BCUT2D eigenvalue weighted by Gasteiger charge is -2.27. The van der Waals surface area contributed by atoms with E-state index in [4.69, 9.17) is 4.74 Å². The van der Waals surface area contributed by atoms with Crippen LogP contribution in [0.25, 0.3) is 21.8 Å². The molecule has 0 bridgehead atoms. The Morgan fingerprint density at radius 1 is 0.971 bits per heavy atom. The highest BCUT2D eigenvalue weighted by molar-refractivity contribution is 7.93. The molecule has 6 rings (SSSR count). The van der Waals surface area contributed by atoms with Crippen molar-refractivity contribution < 1.29 is 18.5 Å². The molecule has 3 aromatic carbocycles. The molecule has 1 fully saturated rings. The van der Waals surface area contributed by atoms with Gasteiger partial charge < -0.3 is 9.72 Å². The number of amides is 2. The Kier molecular flexibility index (Phi) is 4.51. The Bertz CT molecular complexity index is 1690. The Labute approximate surface area is 194 Å². The number of aromatic amines is 1. The molecule has 1 N–H and O–H groups in total. The van der Waals surface area contributed by atoms with Crippen LogP contribution >= 0.6 is 0 Å². The van der Waals surface area contributed by atoms with Crippen molar-refractivity contribution in [3.05, 3.63) is 70.1 Å². The molecule has 0 aliphatic carbocycles. The third-order valence-corrected chi connectivity index (χ3v) is 8.53. The third-order valence-electron chi connectivity index (χ3n) is 6.39. The van der Waals surface area contributed by atoms with E-state index in [1.807, 2.05) is 0 Å². The van der Waals surface area contributed by atoms with E-state index in [-0.39, 0.29) is 5.69 Å². The third kappa shape index (κ3) is 3.02. The van der Waals surface area contributed by atoms with Gasteiger partial charge in [0, 0.05) is 28.9 Å². The van der Waals surface area contributed by atoms with Crippen LogP contribution in [0.15, 0.2) is 57.7 Å². The maximum Gasteiger partial charge on any atom is 0.326 e. The van der Waals surface area contributed by atoms with E-state index in [0.29, 0.717) is 69.0 Å². The zero-order valence-corrected chi connectivity index (χ0v) is 19.1. The fourth-order valence-corrected chi connectivity index (χ4v) is 6.26. The standard InChI is InChI=1S/C24H20N4O5S/c1-27-20-13-14(5-7-19(20)25-24(27)31)28-22(29)16-4-2-3-15-18(8-6-17(21(15)16)23(28)30)26-34(32)11-9-33-10-12-34/h2-8,13H,9-12H2,1H3,(H,25,31). The molecule has 1 saturated heterocycles. The zero-order valence-electron chi connectivity index (χ0n) is 18.2. The van der Waals surface area contributed by atoms with Gasteiger partial charge in [-0.1, -0.05) is 12.1 Å². The first kappa shape index (κ1) is 20.8. The van der Waals surface area contributed by atoms with Crippen LogP contribution in [0.1, 0.15) is 20.7 Å². The molecule has 10 heteroatoms. The van der Waals surface area contributed by atoms with E-state index in [0.717, 1.165) is 4.90 Å². The number of nitrogens with one attached hydrogen (secondary N) is 1. The van der Waals surface area contributed by atoms with Crippen LogP contribution in [0.5, 0.6) is 0 Å². The van der Waals surface area contributed by atoms with Gasteiger partial charge in [-0.05, 0) is 36.4 Å². The highest BCUT2D eigenvalue weighted by atomic mass is 32.2. The summed E-state index contributed by atoms with van der Waals surface area (Å²) in [7, 11) is -0.844. The van der Waals surface area contributed by atoms with Crippen LogP contribution in [0.4, 0.5) is 11.4 Å². The van der Waals surface area contributed by atoms with Gasteiger partial charge in [0.25, 0.3) is 11.8 Å². The molecule has 1 aromatic heterocycles.